The zero-order valence-corrected chi connectivity index (χ0v) is 24.0. The van der Waals surface area contributed by atoms with E-state index < -0.39 is 0 Å². The van der Waals surface area contributed by atoms with Crippen molar-refractivity contribution in [1.82, 2.24) is 24.9 Å². The minimum absolute atomic E-state index is 0.147. The first-order valence-corrected chi connectivity index (χ1v) is 14.2. The molecule has 2 unspecified atom stereocenters. The van der Waals surface area contributed by atoms with Crippen LogP contribution in [0.4, 0.5) is 0 Å². The summed E-state index contributed by atoms with van der Waals surface area (Å²) in [6, 6.07) is 13.2. The lowest BCUT2D eigenvalue weighted by Crippen LogP contribution is -2.41. The Hall–Kier alpha value is -3.78. The lowest BCUT2D eigenvalue weighted by atomic mass is 9.84. The first-order chi connectivity index (χ1) is 19.2. The number of hydrogen-bond acceptors (Lipinski definition) is 7. The van der Waals surface area contributed by atoms with Crippen LogP contribution in [0.15, 0.2) is 48.8 Å². The highest BCUT2D eigenvalue weighted by molar-refractivity contribution is 5.80. The van der Waals surface area contributed by atoms with Crippen LogP contribution in [0.25, 0.3) is 11.0 Å². The van der Waals surface area contributed by atoms with Crippen molar-refractivity contribution in [3.05, 3.63) is 82.2 Å². The molecule has 8 nitrogen and oxygen atoms in total. The van der Waals surface area contributed by atoms with E-state index >= 15 is 0 Å². The van der Waals surface area contributed by atoms with Gasteiger partial charge in [-0.25, -0.2) is 4.68 Å². The Bertz CT molecular complexity index is 1580. The summed E-state index contributed by atoms with van der Waals surface area (Å²) in [6.45, 7) is 10.2. The molecule has 2 atom stereocenters. The third kappa shape index (κ3) is 4.85. The highest BCUT2D eigenvalue weighted by Gasteiger charge is 2.36. The van der Waals surface area contributed by atoms with Gasteiger partial charge in [0, 0.05) is 50.1 Å². The zero-order chi connectivity index (χ0) is 28.0. The van der Waals surface area contributed by atoms with Crippen molar-refractivity contribution in [2.45, 2.75) is 71.1 Å². The number of rotatable bonds is 6. The van der Waals surface area contributed by atoms with Gasteiger partial charge in [-0.2, -0.15) is 0 Å². The van der Waals surface area contributed by atoms with Crippen molar-refractivity contribution >= 4 is 17.0 Å². The number of benzene rings is 2. The molecular formula is C32H37N5O3. The lowest BCUT2D eigenvalue weighted by Gasteiger charge is -2.34. The monoisotopic (exact) mass is 539 g/mol. The Labute approximate surface area is 235 Å². The van der Waals surface area contributed by atoms with E-state index in [-0.39, 0.29) is 30.0 Å². The van der Waals surface area contributed by atoms with Gasteiger partial charge in [0.15, 0.2) is 0 Å². The summed E-state index contributed by atoms with van der Waals surface area (Å²) in [5.41, 5.74) is 8.60. The molecule has 0 amide bonds. The molecule has 0 saturated carbocycles. The summed E-state index contributed by atoms with van der Waals surface area (Å²) in [6.07, 6.45) is 6.08. The van der Waals surface area contributed by atoms with Crippen molar-refractivity contribution in [3.8, 4) is 5.75 Å². The van der Waals surface area contributed by atoms with Gasteiger partial charge < -0.3 is 9.47 Å². The van der Waals surface area contributed by atoms with E-state index in [4.69, 9.17) is 9.47 Å². The number of esters is 1. The van der Waals surface area contributed by atoms with Crippen LogP contribution in [0.5, 0.6) is 5.75 Å². The lowest BCUT2D eigenvalue weighted by molar-refractivity contribution is -0.143. The Kier molecular flexibility index (Phi) is 6.82. The first-order valence-electron chi connectivity index (χ1n) is 14.2. The smallest absolute Gasteiger partial charge is 0.306 e. The molecule has 0 fully saturated rings. The molecule has 2 aromatic carbocycles. The minimum atomic E-state index is -0.331. The Morgan fingerprint density at radius 3 is 2.88 bits per heavy atom. The average Bonchev–Trinajstić information content (AvgIpc) is 3.48. The van der Waals surface area contributed by atoms with Crippen LogP contribution in [0, 0.1) is 6.92 Å². The van der Waals surface area contributed by atoms with Crippen LogP contribution >= 0.6 is 0 Å². The molecule has 0 N–H and O–H groups in total. The van der Waals surface area contributed by atoms with Gasteiger partial charge in [-0.05, 0) is 80.5 Å². The number of hydrogen-bond donors (Lipinski definition) is 0. The fraction of sp³-hybridized carbons (Fsp3) is 0.438. The first kappa shape index (κ1) is 26.4. The van der Waals surface area contributed by atoms with Crippen molar-refractivity contribution < 1.29 is 14.3 Å². The van der Waals surface area contributed by atoms with Crippen molar-refractivity contribution in [3.63, 3.8) is 0 Å². The molecule has 2 aromatic heterocycles. The van der Waals surface area contributed by atoms with Gasteiger partial charge >= 0.3 is 5.97 Å². The number of fused-ring (bicyclic) bond motifs is 3. The van der Waals surface area contributed by atoms with Crippen molar-refractivity contribution in [1.29, 1.82) is 0 Å². The summed E-state index contributed by atoms with van der Waals surface area (Å²) in [4.78, 5) is 19.8. The number of carbonyl (C=O) groups is 1. The normalized spacial score (nSPS) is 19.0. The molecule has 8 heteroatoms. The Morgan fingerprint density at radius 2 is 2.05 bits per heavy atom. The number of aromatic nitrogens is 4. The second kappa shape index (κ2) is 10.3. The van der Waals surface area contributed by atoms with Crippen LogP contribution in [-0.4, -0.2) is 49.6 Å². The Balaban J connectivity index is 1.40. The van der Waals surface area contributed by atoms with E-state index in [2.05, 4.69) is 71.3 Å². The van der Waals surface area contributed by atoms with Crippen LogP contribution in [0.2, 0.25) is 0 Å². The molecule has 3 heterocycles. The zero-order valence-electron chi connectivity index (χ0n) is 24.0. The van der Waals surface area contributed by atoms with E-state index in [9.17, 15) is 4.79 Å². The second-order valence-corrected chi connectivity index (χ2v) is 11.7. The summed E-state index contributed by atoms with van der Waals surface area (Å²) in [5, 5.41) is 8.63. The van der Waals surface area contributed by atoms with Crippen LogP contribution in [0.3, 0.4) is 0 Å². The molecule has 4 aromatic rings. The van der Waals surface area contributed by atoms with Gasteiger partial charge in [0.2, 0.25) is 0 Å². The molecule has 0 bridgehead atoms. The van der Waals surface area contributed by atoms with Crippen molar-refractivity contribution in [2.75, 3.05) is 13.2 Å². The third-order valence-electron chi connectivity index (χ3n) is 8.39. The minimum Gasteiger partial charge on any atom is -0.486 e. The van der Waals surface area contributed by atoms with E-state index in [0.29, 0.717) is 6.61 Å². The van der Waals surface area contributed by atoms with E-state index in [0.717, 1.165) is 65.0 Å². The van der Waals surface area contributed by atoms with Gasteiger partial charge in [0.05, 0.1) is 18.5 Å². The second-order valence-electron chi connectivity index (χ2n) is 11.7. The van der Waals surface area contributed by atoms with Gasteiger partial charge in [-0.15, -0.1) is 5.10 Å². The highest BCUT2D eigenvalue weighted by Crippen LogP contribution is 2.43. The molecule has 40 heavy (non-hydrogen) atoms. The van der Waals surface area contributed by atoms with Crippen LogP contribution in [0.1, 0.15) is 79.0 Å². The fourth-order valence-electron chi connectivity index (χ4n) is 6.56. The maximum atomic E-state index is 12.9. The predicted octanol–water partition coefficient (Wildman–Crippen LogP) is 5.42. The van der Waals surface area contributed by atoms with Crippen LogP contribution in [-0.2, 0) is 29.5 Å². The van der Waals surface area contributed by atoms with E-state index in [1.165, 1.54) is 11.1 Å². The summed E-state index contributed by atoms with van der Waals surface area (Å²) >= 11 is 0. The predicted molar refractivity (Wildman–Crippen MR) is 153 cm³/mol. The SMILES string of the molecule is CCOC(=O)CC(c1ccc2c(c1)C(N1Cc3cnccc3OC(C)(C)C1)CC2)c1ccc2c(nnn2C)c1C. The quantitative estimate of drug-likeness (QED) is 0.303. The van der Waals surface area contributed by atoms with Gasteiger partial charge in [-0.3, -0.25) is 14.7 Å². The van der Waals surface area contributed by atoms with Crippen LogP contribution < -0.4 is 4.74 Å². The molecule has 2 aliphatic rings. The summed E-state index contributed by atoms with van der Waals surface area (Å²) < 4.78 is 13.6. The standard InChI is InChI=1S/C32H37N5O3/c1-6-39-30(38)16-25(24-10-12-28-31(20(24)2)34-35-36(28)5)22-8-7-21-9-11-27(26(21)15-22)37-18-23-17-33-14-13-29(23)40-32(3,4)19-37/h7-8,10,12-15,17,25,27H,6,9,11,16,18-19H2,1-5H3. The maximum Gasteiger partial charge on any atom is 0.306 e. The molecule has 6 rings (SSSR count). The van der Waals surface area contributed by atoms with Gasteiger partial charge in [0.1, 0.15) is 16.9 Å². The average molecular weight is 540 g/mol. The number of pyridine rings is 1. The molecular weight excluding hydrogens is 502 g/mol. The number of nitrogens with zero attached hydrogens (tertiary/aromatic N) is 5. The van der Waals surface area contributed by atoms with Gasteiger partial charge in [-0.1, -0.05) is 29.5 Å². The molecule has 1 aliphatic carbocycles. The summed E-state index contributed by atoms with van der Waals surface area (Å²) in [5.74, 6) is 0.573. The fourth-order valence-corrected chi connectivity index (χ4v) is 6.56. The molecule has 0 spiro atoms. The maximum absolute atomic E-state index is 12.9. The number of aryl methyl sites for hydroxylation is 3. The Morgan fingerprint density at radius 1 is 1.20 bits per heavy atom. The van der Waals surface area contributed by atoms with Crippen molar-refractivity contribution in [2.24, 2.45) is 7.05 Å². The molecule has 0 radical (unpaired) electrons. The summed E-state index contributed by atoms with van der Waals surface area (Å²) in [7, 11) is 1.90. The van der Waals surface area contributed by atoms with E-state index in [1.54, 1.807) is 10.9 Å². The topological polar surface area (TPSA) is 82.4 Å². The molecule has 208 valence electrons. The number of ether oxygens (including phenoxy) is 2. The molecule has 1 aliphatic heterocycles. The largest absolute Gasteiger partial charge is 0.486 e. The highest BCUT2D eigenvalue weighted by atomic mass is 16.5. The van der Waals surface area contributed by atoms with Gasteiger partial charge in [0.25, 0.3) is 0 Å². The molecule has 0 saturated heterocycles. The third-order valence-corrected chi connectivity index (χ3v) is 8.39. The number of carbonyl (C=O) groups excluding carboxylic acids is 1. The van der Waals surface area contributed by atoms with E-state index in [1.807, 2.05) is 26.2 Å².